The van der Waals surface area contributed by atoms with Crippen LogP contribution in [0.25, 0.3) is 0 Å². The summed E-state index contributed by atoms with van der Waals surface area (Å²) in [4.78, 5) is 4.84. The number of aromatic nitrogens is 1. The molecule has 114 valence electrons. The second-order valence-corrected chi connectivity index (χ2v) is 8.19. The lowest BCUT2D eigenvalue weighted by Crippen LogP contribution is -2.27. The molecule has 2 aromatic rings. The Labute approximate surface area is 137 Å². The first-order chi connectivity index (χ1) is 9.73. The summed E-state index contributed by atoms with van der Waals surface area (Å²) in [6.07, 6.45) is 0. The fourth-order valence-electron chi connectivity index (χ4n) is 1.77. The van der Waals surface area contributed by atoms with Crippen molar-refractivity contribution >= 4 is 50.2 Å². The number of sulfonamides is 1. The summed E-state index contributed by atoms with van der Waals surface area (Å²) in [7, 11) is -2.34. The Morgan fingerprint density at radius 1 is 1.38 bits per heavy atom. The van der Waals surface area contributed by atoms with Gasteiger partial charge < -0.3 is 5.73 Å². The molecule has 0 saturated carbocycles. The SMILES string of the molecule is Cc1ncsc1CN(C)S(=O)(=O)c1c(N)cc(Cl)cc1Cl. The summed E-state index contributed by atoms with van der Waals surface area (Å²) < 4.78 is 26.4. The number of hydrogen-bond acceptors (Lipinski definition) is 5. The molecule has 2 rings (SSSR count). The smallest absolute Gasteiger partial charge is 0.246 e. The highest BCUT2D eigenvalue weighted by Gasteiger charge is 2.27. The minimum Gasteiger partial charge on any atom is -0.398 e. The topological polar surface area (TPSA) is 76.3 Å². The lowest BCUT2D eigenvalue weighted by Gasteiger charge is -2.19. The van der Waals surface area contributed by atoms with Gasteiger partial charge in [0.25, 0.3) is 0 Å². The lowest BCUT2D eigenvalue weighted by atomic mass is 10.3. The predicted molar refractivity (Wildman–Crippen MR) is 86.4 cm³/mol. The fraction of sp³-hybridized carbons (Fsp3) is 0.250. The number of nitrogens with zero attached hydrogens (tertiary/aromatic N) is 2. The molecule has 0 saturated heterocycles. The van der Waals surface area contributed by atoms with Gasteiger partial charge in [0.15, 0.2) is 0 Å². The van der Waals surface area contributed by atoms with Gasteiger partial charge in [-0.1, -0.05) is 23.2 Å². The molecule has 1 aromatic carbocycles. The van der Waals surface area contributed by atoms with Crippen molar-refractivity contribution in [2.45, 2.75) is 18.4 Å². The summed E-state index contributed by atoms with van der Waals surface area (Å²) in [5, 5.41) is 0.297. The molecule has 1 heterocycles. The maximum atomic E-state index is 12.6. The number of rotatable bonds is 4. The maximum Gasteiger partial charge on any atom is 0.246 e. The van der Waals surface area contributed by atoms with Crippen molar-refractivity contribution in [3.63, 3.8) is 0 Å². The van der Waals surface area contributed by atoms with E-state index in [1.807, 2.05) is 6.92 Å². The highest BCUT2D eigenvalue weighted by Crippen LogP contribution is 2.33. The number of aryl methyl sites for hydroxylation is 1. The molecule has 9 heteroatoms. The van der Waals surface area contributed by atoms with Gasteiger partial charge in [-0.2, -0.15) is 4.31 Å². The van der Waals surface area contributed by atoms with E-state index < -0.39 is 10.0 Å². The van der Waals surface area contributed by atoms with Crippen LogP contribution in [-0.2, 0) is 16.6 Å². The first-order valence-electron chi connectivity index (χ1n) is 5.83. The molecule has 0 aliphatic heterocycles. The normalized spacial score (nSPS) is 12.0. The zero-order valence-electron chi connectivity index (χ0n) is 11.3. The van der Waals surface area contributed by atoms with Gasteiger partial charge in [-0.05, 0) is 19.1 Å². The Morgan fingerprint density at radius 2 is 2.05 bits per heavy atom. The Morgan fingerprint density at radius 3 is 2.57 bits per heavy atom. The van der Waals surface area contributed by atoms with Crippen LogP contribution in [0.5, 0.6) is 0 Å². The summed E-state index contributed by atoms with van der Waals surface area (Å²) in [5.41, 5.74) is 8.27. The van der Waals surface area contributed by atoms with Gasteiger partial charge >= 0.3 is 0 Å². The van der Waals surface area contributed by atoms with Crippen LogP contribution in [0, 0.1) is 6.92 Å². The van der Waals surface area contributed by atoms with Crippen molar-refractivity contribution in [3.8, 4) is 0 Å². The third-order valence-electron chi connectivity index (χ3n) is 2.92. The molecule has 0 aliphatic rings. The highest BCUT2D eigenvalue weighted by molar-refractivity contribution is 7.89. The van der Waals surface area contributed by atoms with Crippen LogP contribution in [0.1, 0.15) is 10.6 Å². The van der Waals surface area contributed by atoms with E-state index in [0.29, 0.717) is 0 Å². The number of benzene rings is 1. The zero-order chi connectivity index (χ0) is 15.8. The van der Waals surface area contributed by atoms with E-state index in [-0.39, 0.29) is 27.2 Å². The molecule has 0 fully saturated rings. The van der Waals surface area contributed by atoms with Crippen LogP contribution in [0.2, 0.25) is 10.0 Å². The minimum atomic E-state index is -3.81. The monoisotopic (exact) mass is 365 g/mol. The molecule has 0 bridgehead atoms. The first kappa shape index (κ1) is 16.5. The molecule has 0 spiro atoms. The van der Waals surface area contributed by atoms with Crippen LogP contribution in [-0.4, -0.2) is 24.8 Å². The van der Waals surface area contributed by atoms with Gasteiger partial charge in [0.2, 0.25) is 10.0 Å². The van der Waals surface area contributed by atoms with Gasteiger partial charge in [-0.3, -0.25) is 0 Å². The van der Waals surface area contributed by atoms with Gasteiger partial charge in [-0.15, -0.1) is 11.3 Å². The molecule has 0 unspecified atom stereocenters. The Balaban J connectivity index is 2.40. The number of nitrogen functional groups attached to an aromatic ring is 1. The van der Waals surface area contributed by atoms with Gasteiger partial charge in [-0.25, -0.2) is 13.4 Å². The molecule has 0 radical (unpaired) electrons. The van der Waals surface area contributed by atoms with E-state index in [2.05, 4.69) is 4.98 Å². The van der Waals surface area contributed by atoms with E-state index in [1.54, 1.807) is 5.51 Å². The molecular formula is C12H13Cl2N3O2S2. The van der Waals surface area contributed by atoms with E-state index in [0.717, 1.165) is 10.6 Å². The van der Waals surface area contributed by atoms with Gasteiger partial charge in [0.1, 0.15) is 4.90 Å². The second kappa shape index (κ2) is 6.10. The molecule has 5 nitrogen and oxygen atoms in total. The Hall–Kier alpha value is -0.860. The average molecular weight is 366 g/mol. The third-order valence-corrected chi connectivity index (χ3v) is 6.39. The van der Waals surface area contributed by atoms with Crippen molar-refractivity contribution in [3.05, 3.63) is 38.3 Å². The van der Waals surface area contributed by atoms with Crippen molar-refractivity contribution in [2.24, 2.45) is 0 Å². The largest absolute Gasteiger partial charge is 0.398 e. The first-order valence-corrected chi connectivity index (χ1v) is 8.91. The number of thiazole rings is 1. The van der Waals surface area contributed by atoms with Gasteiger partial charge in [0.05, 0.1) is 21.9 Å². The van der Waals surface area contributed by atoms with Crippen molar-refractivity contribution < 1.29 is 8.42 Å². The lowest BCUT2D eigenvalue weighted by molar-refractivity contribution is 0.469. The number of hydrogen-bond donors (Lipinski definition) is 1. The van der Waals surface area contributed by atoms with Crippen LogP contribution in [0.15, 0.2) is 22.5 Å². The summed E-state index contributed by atoms with van der Waals surface area (Å²) >= 11 is 13.2. The number of nitrogens with two attached hydrogens (primary N) is 1. The van der Waals surface area contributed by atoms with Crippen LogP contribution >= 0.6 is 34.5 Å². The van der Waals surface area contributed by atoms with E-state index in [9.17, 15) is 8.42 Å². The van der Waals surface area contributed by atoms with E-state index >= 15 is 0 Å². The summed E-state index contributed by atoms with van der Waals surface area (Å²) in [6.45, 7) is 2.03. The summed E-state index contributed by atoms with van der Waals surface area (Å²) in [6, 6.07) is 2.73. The molecule has 1 aromatic heterocycles. The number of halogens is 2. The quantitative estimate of drug-likeness (QED) is 0.844. The van der Waals surface area contributed by atoms with Crippen LogP contribution < -0.4 is 5.73 Å². The third kappa shape index (κ3) is 3.32. The van der Waals surface area contributed by atoms with Crippen LogP contribution in [0.3, 0.4) is 0 Å². The Bertz CT molecular complexity index is 752. The maximum absolute atomic E-state index is 12.6. The fourth-order valence-corrected chi connectivity index (χ4v) is 4.76. The van der Waals surface area contributed by atoms with E-state index in [4.69, 9.17) is 28.9 Å². The highest BCUT2D eigenvalue weighted by atomic mass is 35.5. The van der Waals surface area contributed by atoms with E-state index in [1.165, 1.54) is 34.8 Å². The van der Waals surface area contributed by atoms with Gasteiger partial charge in [0, 0.05) is 23.5 Å². The molecular weight excluding hydrogens is 353 g/mol. The zero-order valence-corrected chi connectivity index (χ0v) is 14.4. The van der Waals surface area contributed by atoms with Crippen molar-refractivity contribution in [1.29, 1.82) is 0 Å². The number of anilines is 1. The second-order valence-electron chi connectivity index (χ2n) is 4.43. The summed E-state index contributed by atoms with van der Waals surface area (Å²) in [5.74, 6) is 0. The standard InChI is InChI=1S/C12H13Cl2N3O2S2/c1-7-11(20-6-16-7)5-17(2)21(18,19)12-9(14)3-8(13)4-10(12)15/h3-4,6H,5,15H2,1-2H3. The molecule has 21 heavy (non-hydrogen) atoms. The van der Waals surface area contributed by atoms with Crippen LogP contribution in [0.4, 0.5) is 5.69 Å². The molecule has 0 aliphatic carbocycles. The molecule has 0 amide bonds. The Kier molecular flexibility index (Phi) is 4.79. The predicted octanol–water partition coefficient (Wildman–Crippen LogP) is 3.16. The average Bonchev–Trinajstić information content (AvgIpc) is 2.73. The van der Waals surface area contributed by atoms with Crippen molar-refractivity contribution in [2.75, 3.05) is 12.8 Å². The molecule has 0 atom stereocenters. The van der Waals surface area contributed by atoms with Crippen molar-refractivity contribution in [1.82, 2.24) is 9.29 Å². The minimum absolute atomic E-state index is 0.00729. The molecule has 2 N–H and O–H groups in total.